The summed E-state index contributed by atoms with van der Waals surface area (Å²) in [5.74, 6) is 0.246. The van der Waals surface area contributed by atoms with Gasteiger partial charge < -0.3 is 8.98 Å². The molecule has 0 unspecified atom stereocenters. The van der Waals surface area contributed by atoms with E-state index in [-0.39, 0.29) is 5.78 Å². The highest BCUT2D eigenvalue weighted by atomic mass is 16.3. The molecule has 8 heteroatoms. The van der Waals surface area contributed by atoms with Crippen LogP contribution in [0.15, 0.2) is 202 Å². The standard InChI is InChI=1S/C51H31N5O3/c57-50-52-49-54(36-16-5-2-6-17-36)43-21-9-10-22-44(43)55(49)51(58)56(50)45-23-12-24-47-48(45)40-31-35(26-28-46(40)59-47)34-25-27-42-39(30-34)38-19-7-8-20-41(38)53(42)37-18-11-15-33(29-37)32-13-3-1-4-14-32/h1-31H. The predicted octanol–water partition coefficient (Wildman–Crippen LogP) is 11.1. The van der Waals surface area contributed by atoms with Gasteiger partial charge in [-0.1, -0.05) is 109 Å². The molecule has 0 amide bonds. The number of furan rings is 1. The van der Waals surface area contributed by atoms with Crippen molar-refractivity contribution in [1.82, 2.24) is 23.1 Å². The Morgan fingerprint density at radius 1 is 0.407 bits per heavy atom. The number of para-hydroxylation sites is 4. The normalized spacial score (nSPS) is 11.9. The van der Waals surface area contributed by atoms with E-state index in [9.17, 15) is 9.59 Å². The van der Waals surface area contributed by atoms with E-state index in [1.807, 2.05) is 77.4 Å². The third kappa shape index (κ3) is 4.93. The lowest BCUT2D eigenvalue weighted by Crippen LogP contribution is -2.38. The highest BCUT2D eigenvalue weighted by Crippen LogP contribution is 2.39. The number of rotatable bonds is 5. The number of nitrogens with zero attached hydrogens (tertiary/aromatic N) is 5. The van der Waals surface area contributed by atoms with Crippen molar-refractivity contribution in [2.75, 3.05) is 0 Å². The van der Waals surface area contributed by atoms with Crippen LogP contribution >= 0.6 is 0 Å². The van der Waals surface area contributed by atoms with Gasteiger partial charge >= 0.3 is 11.4 Å². The Morgan fingerprint density at radius 2 is 1.03 bits per heavy atom. The lowest BCUT2D eigenvalue weighted by atomic mass is 10.00. The molecule has 4 heterocycles. The second-order valence-electron chi connectivity index (χ2n) is 14.8. The second-order valence-corrected chi connectivity index (χ2v) is 14.8. The van der Waals surface area contributed by atoms with E-state index in [1.165, 1.54) is 9.96 Å². The van der Waals surface area contributed by atoms with Crippen molar-refractivity contribution < 1.29 is 4.42 Å². The minimum absolute atomic E-state index is 0.246. The van der Waals surface area contributed by atoms with Crippen molar-refractivity contribution in [2.45, 2.75) is 0 Å². The minimum Gasteiger partial charge on any atom is -0.456 e. The fourth-order valence-corrected chi connectivity index (χ4v) is 8.86. The van der Waals surface area contributed by atoms with Gasteiger partial charge in [-0.15, -0.1) is 0 Å². The number of benzene rings is 8. The van der Waals surface area contributed by atoms with Gasteiger partial charge in [-0.3, -0.25) is 4.57 Å². The van der Waals surface area contributed by atoms with Crippen LogP contribution in [-0.4, -0.2) is 23.1 Å². The first-order valence-corrected chi connectivity index (χ1v) is 19.5. The van der Waals surface area contributed by atoms with Crippen molar-refractivity contribution in [3.63, 3.8) is 0 Å². The van der Waals surface area contributed by atoms with Gasteiger partial charge in [0, 0.05) is 27.5 Å². The van der Waals surface area contributed by atoms with Crippen LogP contribution in [0, 0.1) is 0 Å². The summed E-state index contributed by atoms with van der Waals surface area (Å²) in [5.41, 5.74) is 10.3. The molecular formula is C51H31N5O3. The average Bonchev–Trinajstić information content (AvgIpc) is 3.94. The highest BCUT2D eigenvalue weighted by molar-refractivity contribution is 6.12. The molecule has 12 aromatic rings. The third-order valence-corrected chi connectivity index (χ3v) is 11.5. The van der Waals surface area contributed by atoms with Crippen molar-refractivity contribution in [3.8, 4) is 39.3 Å². The van der Waals surface area contributed by atoms with E-state index in [1.54, 1.807) is 12.1 Å². The molecule has 0 fully saturated rings. The minimum atomic E-state index is -0.677. The zero-order chi connectivity index (χ0) is 39.2. The molecule has 8 aromatic carbocycles. The van der Waals surface area contributed by atoms with Gasteiger partial charge in [0.25, 0.3) is 0 Å². The summed E-state index contributed by atoms with van der Waals surface area (Å²) in [6, 6.07) is 63.0. The van der Waals surface area contributed by atoms with E-state index in [2.05, 4.69) is 113 Å². The molecule has 0 spiro atoms. The zero-order valence-corrected chi connectivity index (χ0v) is 31.4. The van der Waals surface area contributed by atoms with E-state index >= 15 is 0 Å². The molecule has 278 valence electrons. The molecule has 59 heavy (non-hydrogen) atoms. The Kier molecular flexibility index (Phi) is 7.06. The predicted molar refractivity (Wildman–Crippen MR) is 236 cm³/mol. The topological polar surface area (TPSA) is 79.4 Å². The maximum absolute atomic E-state index is 14.7. The average molecular weight is 762 g/mol. The van der Waals surface area contributed by atoms with Crippen molar-refractivity contribution >= 4 is 60.6 Å². The van der Waals surface area contributed by atoms with Crippen molar-refractivity contribution in [1.29, 1.82) is 0 Å². The first-order valence-electron chi connectivity index (χ1n) is 19.5. The first kappa shape index (κ1) is 33.0. The number of aromatic nitrogens is 5. The Morgan fingerprint density at radius 3 is 1.86 bits per heavy atom. The lowest BCUT2D eigenvalue weighted by molar-refractivity contribution is 0.668. The van der Waals surface area contributed by atoms with Crippen molar-refractivity contribution in [3.05, 3.63) is 209 Å². The molecular weight excluding hydrogens is 731 g/mol. The van der Waals surface area contributed by atoms with Crippen LogP contribution in [0.2, 0.25) is 0 Å². The molecule has 0 bridgehead atoms. The summed E-state index contributed by atoms with van der Waals surface area (Å²) < 4.78 is 13.2. The van der Waals surface area contributed by atoms with Gasteiger partial charge in [0.15, 0.2) is 0 Å². The van der Waals surface area contributed by atoms with Crippen LogP contribution in [0.1, 0.15) is 0 Å². The molecule has 4 aromatic heterocycles. The van der Waals surface area contributed by atoms with Gasteiger partial charge in [-0.2, -0.15) is 4.98 Å². The van der Waals surface area contributed by atoms with E-state index < -0.39 is 11.4 Å². The van der Waals surface area contributed by atoms with Crippen molar-refractivity contribution in [2.24, 2.45) is 0 Å². The molecule has 0 aliphatic heterocycles. The molecule has 0 aliphatic rings. The summed E-state index contributed by atoms with van der Waals surface area (Å²) >= 11 is 0. The summed E-state index contributed by atoms with van der Waals surface area (Å²) in [6.07, 6.45) is 0. The van der Waals surface area contributed by atoms with Gasteiger partial charge in [0.2, 0.25) is 5.78 Å². The summed E-state index contributed by atoms with van der Waals surface area (Å²) in [4.78, 5) is 33.4. The zero-order valence-electron chi connectivity index (χ0n) is 31.4. The molecule has 0 saturated carbocycles. The van der Waals surface area contributed by atoms with Crippen LogP contribution in [0.5, 0.6) is 0 Å². The van der Waals surface area contributed by atoms with Crippen LogP contribution in [0.4, 0.5) is 0 Å². The van der Waals surface area contributed by atoms with E-state index in [4.69, 9.17) is 4.42 Å². The number of fused-ring (bicyclic) bond motifs is 9. The van der Waals surface area contributed by atoms with Gasteiger partial charge in [0.1, 0.15) is 11.2 Å². The molecule has 0 aliphatic carbocycles. The molecule has 12 rings (SSSR count). The second kappa shape index (κ2) is 12.6. The van der Waals surface area contributed by atoms with Crippen LogP contribution in [0.3, 0.4) is 0 Å². The van der Waals surface area contributed by atoms with Crippen LogP contribution in [0.25, 0.3) is 99.9 Å². The third-order valence-electron chi connectivity index (χ3n) is 11.5. The highest BCUT2D eigenvalue weighted by Gasteiger charge is 2.22. The van der Waals surface area contributed by atoms with Crippen LogP contribution in [-0.2, 0) is 0 Å². The Balaban J connectivity index is 1.04. The quantitative estimate of drug-likeness (QED) is 0.175. The Hall–Kier alpha value is -8.23. The maximum atomic E-state index is 14.7. The molecule has 8 nitrogen and oxygen atoms in total. The fourth-order valence-electron chi connectivity index (χ4n) is 8.86. The van der Waals surface area contributed by atoms with Gasteiger partial charge in [-0.25, -0.2) is 18.6 Å². The molecule has 0 atom stereocenters. The maximum Gasteiger partial charge on any atom is 0.359 e. The monoisotopic (exact) mass is 761 g/mol. The summed E-state index contributed by atoms with van der Waals surface area (Å²) in [6.45, 7) is 0. The molecule has 0 radical (unpaired) electrons. The number of imidazole rings is 1. The first-order chi connectivity index (χ1) is 29.1. The summed E-state index contributed by atoms with van der Waals surface area (Å²) in [7, 11) is 0. The smallest absolute Gasteiger partial charge is 0.359 e. The Bertz CT molecular complexity index is 3780. The fraction of sp³-hybridized carbons (Fsp3) is 0. The SMILES string of the molecule is O=c1nc2n(-c3ccccc3)c3ccccc3n2c(=O)n1-c1cccc2oc3ccc(-c4ccc5c(c4)c4ccccc4n5-c4cccc(-c5ccccc5)c4)cc3c12. The van der Waals surface area contributed by atoms with E-state index in [0.29, 0.717) is 27.8 Å². The summed E-state index contributed by atoms with van der Waals surface area (Å²) in [5, 5.41) is 3.74. The van der Waals surface area contributed by atoms with Gasteiger partial charge in [-0.05, 0) is 101 Å². The molecule has 0 N–H and O–H groups in total. The number of hydrogen-bond acceptors (Lipinski definition) is 4. The lowest BCUT2D eigenvalue weighted by Gasteiger charge is -2.11. The molecule has 0 saturated heterocycles. The Labute approximate surface area is 335 Å². The number of hydrogen-bond donors (Lipinski definition) is 0. The van der Waals surface area contributed by atoms with Gasteiger partial charge in [0.05, 0.1) is 33.1 Å². The largest absolute Gasteiger partial charge is 0.456 e. The van der Waals surface area contributed by atoms with Crippen LogP contribution < -0.4 is 11.4 Å². The van der Waals surface area contributed by atoms with E-state index in [0.717, 1.165) is 65.3 Å².